The number of thioether (sulfide) groups is 2. The number of aromatic nitrogens is 2. The van der Waals surface area contributed by atoms with Crippen LogP contribution < -0.4 is 11.1 Å². The summed E-state index contributed by atoms with van der Waals surface area (Å²) in [6.07, 6.45) is 0. The molecule has 16 heavy (non-hydrogen) atoms. The van der Waals surface area contributed by atoms with Gasteiger partial charge in [0.05, 0.1) is 0 Å². The molecule has 0 radical (unpaired) electrons. The lowest BCUT2D eigenvalue weighted by Gasteiger charge is -2.20. The van der Waals surface area contributed by atoms with Gasteiger partial charge in [-0.1, -0.05) is 0 Å². The molecule has 88 valence electrons. The van der Waals surface area contributed by atoms with E-state index in [4.69, 9.17) is 5.73 Å². The molecule has 1 fully saturated rings. The first-order chi connectivity index (χ1) is 7.77. The summed E-state index contributed by atoms with van der Waals surface area (Å²) in [4.78, 5) is 11.6. The molecule has 1 unspecified atom stereocenters. The second-order valence-corrected chi connectivity index (χ2v) is 5.83. The quantitative estimate of drug-likeness (QED) is 0.803. The van der Waals surface area contributed by atoms with Gasteiger partial charge in [0.2, 0.25) is 11.5 Å². The molecule has 6 nitrogen and oxygen atoms in total. The number of hydrogen-bond donors (Lipinski definition) is 2. The van der Waals surface area contributed by atoms with E-state index in [2.05, 4.69) is 20.3 Å². The summed E-state index contributed by atoms with van der Waals surface area (Å²) < 4.78 is 4.36. The molecule has 3 N–H and O–H groups in total. The van der Waals surface area contributed by atoms with Crippen LogP contribution in [0.1, 0.15) is 10.5 Å². The molecule has 0 bridgehead atoms. The number of nitrogens with two attached hydrogens (primary N) is 1. The van der Waals surface area contributed by atoms with E-state index < -0.39 is 0 Å². The number of rotatable bonds is 3. The van der Waals surface area contributed by atoms with Gasteiger partial charge in [0.25, 0.3) is 5.91 Å². The van der Waals surface area contributed by atoms with Crippen molar-refractivity contribution in [3.63, 3.8) is 0 Å². The van der Waals surface area contributed by atoms with Crippen LogP contribution in [0.25, 0.3) is 0 Å². The minimum absolute atomic E-state index is 0.0307. The number of nitrogens with zero attached hydrogens (tertiary/aromatic N) is 2. The zero-order chi connectivity index (χ0) is 11.4. The van der Waals surface area contributed by atoms with Crippen molar-refractivity contribution in [1.29, 1.82) is 0 Å². The molecule has 2 heterocycles. The summed E-state index contributed by atoms with van der Waals surface area (Å²) in [5.41, 5.74) is 5.48. The SMILES string of the molecule is Nc1nonc1C(=O)NCC1CSCCS1. The van der Waals surface area contributed by atoms with E-state index in [0.29, 0.717) is 11.8 Å². The normalized spacial score (nSPS) is 20.6. The van der Waals surface area contributed by atoms with Crippen molar-refractivity contribution in [2.75, 3.05) is 29.5 Å². The van der Waals surface area contributed by atoms with Gasteiger partial charge in [0, 0.05) is 29.1 Å². The van der Waals surface area contributed by atoms with Gasteiger partial charge in [-0.25, -0.2) is 4.63 Å². The molecular weight excluding hydrogens is 248 g/mol. The summed E-state index contributed by atoms with van der Waals surface area (Å²) in [6, 6.07) is 0. The lowest BCUT2D eigenvalue weighted by atomic mass is 10.4. The second kappa shape index (κ2) is 5.44. The number of carbonyl (C=O) groups excluding carboxylic acids is 1. The summed E-state index contributed by atoms with van der Waals surface area (Å²) in [7, 11) is 0. The smallest absolute Gasteiger partial charge is 0.277 e. The van der Waals surface area contributed by atoms with Gasteiger partial charge in [-0.15, -0.1) is 0 Å². The molecular formula is C8H12N4O2S2. The van der Waals surface area contributed by atoms with Gasteiger partial charge >= 0.3 is 0 Å². The fourth-order valence-corrected chi connectivity index (χ4v) is 3.91. The maximum absolute atomic E-state index is 11.6. The highest BCUT2D eigenvalue weighted by Crippen LogP contribution is 2.23. The minimum atomic E-state index is -0.324. The Morgan fingerprint density at radius 3 is 3.06 bits per heavy atom. The van der Waals surface area contributed by atoms with Crippen LogP contribution in [0.3, 0.4) is 0 Å². The van der Waals surface area contributed by atoms with Crippen molar-refractivity contribution in [2.24, 2.45) is 0 Å². The van der Waals surface area contributed by atoms with Crippen LogP contribution in [-0.4, -0.2) is 45.3 Å². The fourth-order valence-electron chi connectivity index (χ4n) is 1.30. The van der Waals surface area contributed by atoms with Crippen LogP contribution in [0.5, 0.6) is 0 Å². The van der Waals surface area contributed by atoms with E-state index in [1.54, 1.807) is 0 Å². The average molecular weight is 260 g/mol. The molecule has 1 aromatic heterocycles. The predicted molar refractivity (Wildman–Crippen MR) is 64.6 cm³/mol. The Kier molecular flexibility index (Phi) is 3.94. The molecule has 1 amide bonds. The van der Waals surface area contributed by atoms with Crippen LogP contribution in [0.2, 0.25) is 0 Å². The Balaban J connectivity index is 1.81. The maximum Gasteiger partial charge on any atom is 0.277 e. The molecule has 0 saturated carbocycles. The molecule has 1 atom stereocenters. The van der Waals surface area contributed by atoms with Gasteiger partial charge in [0.1, 0.15) is 0 Å². The van der Waals surface area contributed by atoms with Gasteiger partial charge in [0.15, 0.2) is 0 Å². The molecule has 2 rings (SSSR count). The molecule has 1 aliphatic rings. The third kappa shape index (κ3) is 2.82. The molecule has 0 aromatic carbocycles. The molecule has 0 spiro atoms. The predicted octanol–water partition coefficient (Wildman–Crippen LogP) is 0.230. The van der Waals surface area contributed by atoms with Gasteiger partial charge in [-0.05, 0) is 10.3 Å². The number of nitrogen functional groups attached to an aromatic ring is 1. The van der Waals surface area contributed by atoms with E-state index in [-0.39, 0.29) is 17.4 Å². The highest BCUT2D eigenvalue weighted by Gasteiger charge is 2.19. The Morgan fingerprint density at radius 1 is 1.56 bits per heavy atom. The minimum Gasteiger partial charge on any atom is -0.379 e. The van der Waals surface area contributed by atoms with Crippen LogP contribution in [0, 0.1) is 0 Å². The number of hydrogen-bond acceptors (Lipinski definition) is 7. The first-order valence-corrected chi connectivity index (χ1v) is 7.03. The molecule has 1 aromatic rings. The number of nitrogens with one attached hydrogen (secondary N) is 1. The highest BCUT2D eigenvalue weighted by atomic mass is 32.2. The lowest BCUT2D eigenvalue weighted by molar-refractivity contribution is 0.0945. The zero-order valence-electron chi connectivity index (χ0n) is 8.51. The topological polar surface area (TPSA) is 94.0 Å². The monoisotopic (exact) mass is 260 g/mol. The van der Waals surface area contributed by atoms with E-state index in [9.17, 15) is 4.79 Å². The fraction of sp³-hybridized carbons (Fsp3) is 0.625. The Hall–Kier alpha value is -0.890. The molecule has 8 heteroatoms. The Labute approximate surface area is 101 Å². The number of carbonyl (C=O) groups is 1. The van der Waals surface area contributed by atoms with Crippen molar-refractivity contribution in [1.82, 2.24) is 15.6 Å². The van der Waals surface area contributed by atoms with Crippen LogP contribution in [0.15, 0.2) is 4.63 Å². The average Bonchev–Trinajstić information content (AvgIpc) is 2.74. The Morgan fingerprint density at radius 2 is 2.44 bits per heavy atom. The standard InChI is InChI=1S/C8H12N4O2S2/c9-7-6(11-14-12-7)8(13)10-3-5-4-15-1-2-16-5/h5H,1-4H2,(H2,9,12)(H,10,13). The maximum atomic E-state index is 11.6. The summed E-state index contributed by atoms with van der Waals surface area (Å²) in [6.45, 7) is 0.628. The largest absolute Gasteiger partial charge is 0.379 e. The summed E-state index contributed by atoms with van der Waals surface area (Å²) >= 11 is 3.79. The third-order valence-electron chi connectivity index (χ3n) is 2.10. The lowest BCUT2D eigenvalue weighted by Crippen LogP contribution is -2.33. The van der Waals surface area contributed by atoms with E-state index in [0.717, 1.165) is 11.5 Å². The van der Waals surface area contributed by atoms with E-state index in [1.807, 2.05) is 23.5 Å². The second-order valence-electron chi connectivity index (χ2n) is 3.28. The van der Waals surface area contributed by atoms with Crippen LogP contribution >= 0.6 is 23.5 Å². The number of amides is 1. The number of anilines is 1. The first-order valence-electron chi connectivity index (χ1n) is 4.83. The van der Waals surface area contributed by atoms with Crippen molar-refractivity contribution >= 4 is 35.2 Å². The molecule has 1 saturated heterocycles. The Bertz CT molecular complexity index is 365. The van der Waals surface area contributed by atoms with Crippen molar-refractivity contribution in [3.8, 4) is 0 Å². The van der Waals surface area contributed by atoms with Crippen LogP contribution in [-0.2, 0) is 0 Å². The van der Waals surface area contributed by atoms with Gasteiger partial charge < -0.3 is 11.1 Å². The van der Waals surface area contributed by atoms with Gasteiger partial charge in [-0.3, -0.25) is 4.79 Å². The van der Waals surface area contributed by atoms with E-state index >= 15 is 0 Å². The highest BCUT2D eigenvalue weighted by molar-refractivity contribution is 8.06. The third-order valence-corrected chi connectivity index (χ3v) is 4.95. The van der Waals surface area contributed by atoms with Gasteiger partial charge in [-0.2, -0.15) is 23.5 Å². The molecule has 1 aliphatic heterocycles. The van der Waals surface area contributed by atoms with Crippen molar-refractivity contribution in [2.45, 2.75) is 5.25 Å². The summed E-state index contributed by atoms with van der Waals surface area (Å²) in [5.74, 6) is 3.10. The zero-order valence-corrected chi connectivity index (χ0v) is 10.1. The van der Waals surface area contributed by atoms with E-state index in [1.165, 1.54) is 5.75 Å². The van der Waals surface area contributed by atoms with Crippen molar-refractivity contribution < 1.29 is 9.42 Å². The van der Waals surface area contributed by atoms with Crippen LogP contribution in [0.4, 0.5) is 5.82 Å². The van der Waals surface area contributed by atoms with Crippen molar-refractivity contribution in [3.05, 3.63) is 5.69 Å². The molecule has 0 aliphatic carbocycles. The first kappa shape index (κ1) is 11.6. The summed E-state index contributed by atoms with van der Waals surface area (Å²) in [5, 5.41) is 10.0.